The van der Waals surface area contributed by atoms with E-state index in [1.807, 2.05) is 49.4 Å². The van der Waals surface area contributed by atoms with Gasteiger partial charge in [-0.2, -0.15) is 0 Å². The maximum absolute atomic E-state index is 11.7. The maximum Gasteiger partial charge on any atom is 0.257 e. The van der Waals surface area contributed by atoms with E-state index in [1.54, 1.807) is 12.1 Å². The first-order valence-electron chi connectivity index (χ1n) is 7.97. The van der Waals surface area contributed by atoms with E-state index >= 15 is 0 Å². The standard InChI is InChI=1S/C19H22ClNO3/c1-15(16-8-3-2-4-9-16)23-13-7-12-21-19(22)14-24-18-11-6-5-10-17(18)20/h2-6,8-11,15H,7,12-14H2,1H3,(H,21,22). The molecule has 1 N–H and O–H groups in total. The van der Waals surface area contributed by atoms with Gasteiger partial charge in [0, 0.05) is 13.2 Å². The van der Waals surface area contributed by atoms with Crippen molar-refractivity contribution in [2.45, 2.75) is 19.4 Å². The summed E-state index contributed by atoms with van der Waals surface area (Å²) >= 11 is 5.96. The molecule has 1 amide bonds. The van der Waals surface area contributed by atoms with E-state index in [9.17, 15) is 4.79 Å². The molecule has 0 radical (unpaired) electrons. The van der Waals surface area contributed by atoms with Crippen molar-refractivity contribution in [1.29, 1.82) is 0 Å². The van der Waals surface area contributed by atoms with Crippen molar-refractivity contribution >= 4 is 17.5 Å². The van der Waals surface area contributed by atoms with Crippen LogP contribution in [0.4, 0.5) is 0 Å². The Hall–Kier alpha value is -2.04. The first-order chi connectivity index (χ1) is 11.7. The second-order valence-corrected chi connectivity index (χ2v) is 5.75. The molecule has 24 heavy (non-hydrogen) atoms. The Labute approximate surface area is 147 Å². The molecule has 0 heterocycles. The summed E-state index contributed by atoms with van der Waals surface area (Å²) in [6.45, 7) is 3.10. The molecule has 4 nitrogen and oxygen atoms in total. The van der Waals surface area contributed by atoms with Crippen LogP contribution in [-0.2, 0) is 9.53 Å². The summed E-state index contributed by atoms with van der Waals surface area (Å²) < 4.78 is 11.1. The molecule has 0 aliphatic rings. The molecule has 2 rings (SSSR count). The fraction of sp³-hybridized carbons (Fsp3) is 0.316. The fourth-order valence-electron chi connectivity index (χ4n) is 2.14. The van der Waals surface area contributed by atoms with Crippen LogP contribution >= 0.6 is 11.6 Å². The van der Waals surface area contributed by atoms with Crippen molar-refractivity contribution in [3.63, 3.8) is 0 Å². The minimum atomic E-state index is -0.175. The van der Waals surface area contributed by atoms with Crippen LogP contribution in [0.3, 0.4) is 0 Å². The van der Waals surface area contributed by atoms with Crippen molar-refractivity contribution in [3.05, 3.63) is 65.2 Å². The van der Waals surface area contributed by atoms with Crippen LogP contribution in [0.5, 0.6) is 5.75 Å². The Balaban J connectivity index is 1.57. The second kappa shape index (κ2) is 9.96. The topological polar surface area (TPSA) is 47.6 Å². The van der Waals surface area contributed by atoms with Crippen molar-refractivity contribution < 1.29 is 14.3 Å². The molecule has 2 aromatic carbocycles. The number of amides is 1. The molecule has 1 atom stereocenters. The van der Waals surface area contributed by atoms with Crippen molar-refractivity contribution in [3.8, 4) is 5.75 Å². The number of carbonyl (C=O) groups is 1. The van der Waals surface area contributed by atoms with Gasteiger partial charge in [-0.3, -0.25) is 4.79 Å². The predicted octanol–water partition coefficient (Wildman–Crippen LogP) is 4.00. The van der Waals surface area contributed by atoms with Gasteiger partial charge >= 0.3 is 0 Å². The Bertz CT molecular complexity index is 634. The van der Waals surface area contributed by atoms with E-state index < -0.39 is 0 Å². The third kappa shape index (κ3) is 6.22. The molecule has 0 spiro atoms. The van der Waals surface area contributed by atoms with Crippen LogP contribution in [0, 0.1) is 0 Å². The molecule has 0 fully saturated rings. The summed E-state index contributed by atoms with van der Waals surface area (Å²) in [7, 11) is 0. The van der Waals surface area contributed by atoms with Crippen molar-refractivity contribution in [2.24, 2.45) is 0 Å². The molecule has 5 heteroatoms. The number of hydrogen-bond acceptors (Lipinski definition) is 3. The van der Waals surface area contributed by atoms with Crippen molar-refractivity contribution in [1.82, 2.24) is 5.32 Å². The van der Waals surface area contributed by atoms with Gasteiger partial charge in [0.05, 0.1) is 11.1 Å². The molecule has 0 aliphatic carbocycles. The highest BCUT2D eigenvalue weighted by Crippen LogP contribution is 2.22. The second-order valence-electron chi connectivity index (χ2n) is 5.35. The van der Waals surface area contributed by atoms with E-state index in [1.165, 1.54) is 0 Å². The zero-order chi connectivity index (χ0) is 17.2. The molecule has 0 saturated heterocycles. The smallest absolute Gasteiger partial charge is 0.257 e. The number of nitrogens with one attached hydrogen (secondary N) is 1. The Morgan fingerprint density at radius 2 is 1.83 bits per heavy atom. The van der Waals surface area contributed by atoms with Crippen LogP contribution in [0.1, 0.15) is 25.0 Å². The van der Waals surface area contributed by atoms with Gasteiger partial charge in [-0.15, -0.1) is 0 Å². The SMILES string of the molecule is CC(OCCCNC(=O)COc1ccccc1Cl)c1ccccc1. The first-order valence-corrected chi connectivity index (χ1v) is 8.35. The lowest BCUT2D eigenvalue weighted by atomic mass is 10.1. The predicted molar refractivity (Wildman–Crippen MR) is 95.4 cm³/mol. The summed E-state index contributed by atoms with van der Waals surface area (Å²) in [5, 5.41) is 3.29. The lowest BCUT2D eigenvalue weighted by Gasteiger charge is -2.13. The summed E-state index contributed by atoms with van der Waals surface area (Å²) in [6, 6.07) is 17.1. The maximum atomic E-state index is 11.7. The van der Waals surface area contributed by atoms with Crippen LogP contribution in [0.15, 0.2) is 54.6 Å². The van der Waals surface area contributed by atoms with E-state index in [0.29, 0.717) is 23.9 Å². The van der Waals surface area contributed by atoms with Gasteiger partial charge in [-0.05, 0) is 31.0 Å². The number of para-hydroxylation sites is 1. The monoisotopic (exact) mass is 347 g/mol. The van der Waals surface area contributed by atoms with Crippen LogP contribution in [0.2, 0.25) is 5.02 Å². The van der Waals surface area contributed by atoms with Gasteiger partial charge in [0.2, 0.25) is 0 Å². The average molecular weight is 348 g/mol. The number of benzene rings is 2. The highest BCUT2D eigenvalue weighted by Gasteiger charge is 2.06. The summed E-state index contributed by atoms with van der Waals surface area (Å²) in [5.41, 5.74) is 1.15. The van der Waals surface area contributed by atoms with Gasteiger partial charge in [0.15, 0.2) is 6.61 Å². The van der Waals surface area contributed by atoms with Gasteiger partial charge in [0.1, 0.15) is 5.75 Å². The molecule has 0 aliphatic heterocycles. The number of ether oxygens (including phenoxy) is 2. The van der Waals surface area contributed by atoms with E-state index in [2.05, 4.69) is 5.32 Å². The van der Waals surface area contributed by atoms with E-state index in [-0.39, 0.29) is 18.6 Å². The lowest BCUT2D eigenvalue weighted by Crippen LogP contribution is -2.30. The van der Waals surface area contributed by atoms with Crippen LogP contribution in [-0.4, -0.2) is 25.7 Å². The summed E-state index contributed by atoms with van der Waals surface area (Å²) in [4.78, 5) is 11.7. The third-order valence-electron chi connectivity index (χ3n) is 3.48. The minimum Gasteiger partial charge on any atom is -0.482 e. The number of carbonyl (C=O) groups excluding carboxylic acids is 1. The zero-order valence-electron chi connectivity index (χ0n) is 13.7. The Kier molecular flexibility index (Phi) is 7.59. The molecule has 0 bridgehead atoms. The lowest BCUT2D eigenvalue weighted by molar-refractivity contribution is -0.123. The highest BCUT2D eigenvalue weighted by atomic mass is 35.5. The van der Waals surface area contributed by atoms with Gasteiger partial charge in [-0.1, -0.05) is 54.1 Å². The molecule has 1 unspecified atom stereocenters. The van der Waals surface area contributed by atoms with Crippen molar-refractivity contribution in [2.75, 3.05) is 19.8 Å². The first kappa shape index (κ1) is 18.3. The largest absolute Gasteiger partial charge is 0.482 e. The molecular weight excluding hydrogens is 326 g/mol. The summed E-state index contributed by atoms with van der Waals surface area (Å²) in [5.74, 6) is 0.334. The normalized spacial score (nSPS) is 11.8. The molecule has 0 aromatic heterocycles. The Morgan fingerprint density at radius 3 is 2.58 bits per heavy atom. The third-order valence-corrected chi connectivity index (χ3v) is 3.79. The van der Waals surface area contributed by atoms with Gasteiger partial charge < -0.3 is 14.8 Å². The van der Waals surface area contributed by atoms with E-state index in [4.69, 9.17) is 21.1 Å². The number of halogens is 1. The number of rotatable bonds is 9. The minimum absolute atomic E-state index is 0.0467. The fourth-order valence-corrected chi connectivity index (χ4v) is 2.33. The van der Waals surface area contributed by atoms with Crippen LogP contribution in [0.25, 0.3) is 0 Å². The molecule has 0 saturated carbocycles. The van der Waals surface area contributed by atoms with Gasteiger partial charge in [-0.25, -0.2) is 0 Å². The quantitative estimate of drug-likeness (QED) is 0.697. The van der Waals surface area contributed by atoms with E-state index in [0.717, 1.165) is 12.0 Å². The summed E-state index contributed by atoms with van der Waals surface area (Å²) in [6.07, 6.45) is 0.792. The zero-order valence-corrected chi connectivity index (χ0v) is 14.5. The molecule has 2 aromatic rings. The average Bonchev–Trinajstić information content (AvgIpc) is 2.61. The number of hydrogen-bond donors (Lipinski definition) is 1. The molecular formula is C19H22ClNO3. The molecule has 128 valence electrons. The van der Waals surface area contributed by atoms with Crippen LogP contribution < -0.4 is 10.1 Å². The van der Waals surface area contributed by atoms with Gasteiger partial charge in [0.25, 0.3) is 5.91 Å². The highest BCUT2D eigenvalue weighted by molar-refractivity contribution is 6.32. The Morgan fingerprint density at radius 1 is 1.12 bits per heavy atom.